The van der Waals surface area contributed by atoms with Gasteiger partial charge >= 0.3 is 0 Å². The Morgan fingerprint density at radius 1 is 1.17 bits per heavy atom. The largest absolute Gasteiger partial charge is 0.456 e. The summed E-state index contributed by atoms with van der Waals surface area (Å²) in [5.41, 5.74) is 3.66. The number of rotatable bonds is 5. The van der Waals surface area contributed by atoms with Crippen LogP contribution < -0.4 is 0 Å². The molecule has 30 heavy (non-hydrogen) atoms. The van der Waals surface area contributed by atoms with E-state index < -0.39 is 4.92 Å². The van der Waals surface area contributed by atoms with Gasteiger partial charge in [0.25, 0.3) is 5.69 Å². The first kappa shape index (κ1) is 19.3. The number of nitro benzene ring substituents is 1. The van der Waals surface area contributed by atoms with Gasteiger partial charge < -0.3 is 4.42 Å². The molecule has 0 aliphatic carbocycles. The Kier molecular flexibility index (Phi) is 5.24. The zero-order chi connectivity index (χ0) is 21.1. The summed E-state index contributed by atoms with van der Waals surface area (Å²) in [7, 11) is 0. The van der Waals surface area contributed by atoms with Crippen molar-refractivity contribution in [2.24, 2.45) is 0 Å². The van der Waals surface area contributed by atoms with Crippen LogP contribution in [0.4, 0.5) is 5.69 Å². The summed E-state index contributed by atoms with van der Waals surface area (Å²) >= 11 is 1.38. The third-order valence-corrected chi connectivity index (χ3v) is 5.36. The molecule has 0 aliphatic rings. The summed E-state index contributed by atoms with van der Waals surface area (Å²) in [6.07, 6.45) is 1.59. The molecule has 2 aromatic heterocycles. The third-order valence-electron chi connectivity index (χ3n) is 4.48. The summed E-state index contributed by atoms with van der Waals surface area (Å²) in [5, 5.41) is 23.4. The predicted molar refractivity (Wildman–Crippen MR) is 117 cm³/mol. The van der Waals surface area contributed by atoms with Crippen molar-refractivity contribution in [3.05, 3.63) is 92.5 Å². The molecule has 0 atom stereocenters. The Balaban J connectivity index is 1.64. The molecule has 0 amide bonds. The van der Waals surface area contributed by atoms with Crippen molar-refractivity contribution >= 4 is 28.7 Å². The number of aromatic nitrogens is 1. The quantitative estimate of drug-likeness (QED) is 0.216. The molecule has 0 unspecified atom stereocenters. The second-order valence-corrected chi connectivity index (χ2v) is 7.41. The maximum absolute atomic E-state index is 11.3. The van der Waals surface area contributed by atoms with Gasteiger partial charge in [0.1, 0.15) is 22.6 Å². The topological polar surface area (TPSA) is 93.0 Å². The second-order valence-electron chi connectivity index (χ2n) is 6.55. The van der Waals surface area contributed by atoms with Gasteiger partial charge in [-0.1, -0.05) is 42.0 Å². The van der Waals surface area contributed by atoms with Gasteiger partial charge in [0.2, 0.25) is 0 Å². The third kappa shape index (κ3) is 3.90. The van der Waals surface area contributed by atoms with E-state index in [-0.39, 0.29) is 5.69 Å². The molecule has 0 aliphatic heterocycles. The molecule has 0 saturated heterocycles. The summed E-state index contributed by atoms with van der Waals surface area (Å²) < 4.78 is 5.76. The van der Waals surface area contributed by atoms with Crippen molar-refractivity contribution < 1.29 is 9.34 Å². The fourth-order valence-corrected chi connectivity index (χ4v) is 3.75. The lowest BCUT2D eigenvalue weighted by molar-refractivity contribution is -0.384. The zero-order valence-electron chi connectivity index (χ0n) is 15.9. The average molecular weight is 413 g/mol. The van der Waals surface area contributed by atoms with E-state index in [9.17, 15) is 15.4 Å². The molecule has 0 bridgehead atoms. The van der Waals surface area contributed by atoms with Crippen molar-refractivity contribution in [1.29, 1.82) is 5.26 Å². The Bertz CT molecular complexity index is 1290. The molecule has 2 aromatic carbocycles. The zero-order valence-corrected chi connectivity index (χ0v) is 16.7. The van der Waals surface area contributed by atoms with Gasteiger partial charge in [-0.2, -0.15) is 5.26 Å². The van der Waals surface area contributed by atoms with E-state index in [0.717, 1.165) is 11.3 Å². The van der Waals surface area contributed by atoms with E-state index in [1.165, 1.54) is 23.0 Å². The highest BCUT2D eigenvalue weighted by Gasteiger charge is 2.17. The SMILES string of the molecule is Cc1ccc(-c2csc(/C(C#N)=C/c3ccc(-c4ccccc4[N+](=O)[O-])o3)n2)cc1. The molecule has 4 rings (SSSR count). The summed E-state index contributed by atoms with van der Waals surface area (Å²) in [5.74, 6) is 0.789. The molecular formula is C23H15N3O3S. The van der Waals surface area contributed by atoms with Crippen LogP contribution in [0, 0.1) is 28.4 Å². The lowest BCUT2D eigenvalue weighted by atomic mass is 10.1. The van der Waals surface area contributed by atoms with E-state index in [1.807, 2.05) is 36.6 Å². The molecular weight excluding hydrogens is 398 g/mol. The standard InChI is InChI=1S/C23H15N3O3S/c1-15-6-8-16(9-7-15)20-14-30-23(25-20)17(13-24)12-18-10-11-22(29-18)19-4-2-3-5-21(19)26(27)28/h2-12,14H,1H3/b17-12+. The van der Waals surface area contributed by atoms with Crippen molar-refractivity contribution in [2.45, 2.75) is 6.92 Å². The van der Waals surface area contributed by atoms with Crippen molar-refractivity contribution in [3.8, 4) is 28.7 Å². The highest BCUT2D eigenvalue weighted by molar-refractivity contribution is 7.11. The van der Waals surface area contributed by atoms with Gasteiger partial charge in [0, 0.05) is 23.1 Å². The predicted octanol–water partition coefficient (Wildman–Crippen LogP) is 6.35. The molecule has 0 N–H and O–H groups in total. The van der Waals surface area contributed by atoms with Gasteiger partial charge in [-0.25, -0.2) is 4.98 Å². The average Bonchev–Trinajstić information content (AvgIpc) is 3.42. The minimum absolute atomic E-state index is 0.0365. The number of furan rings is 1. The fourth-order valence-electron chi connectivity index (χ4n) is 2.95. The molecule has 146 valence electrons. The smallest absolute Gasteiger partial charge is 0.280 e. The van der Waals surface area contributed by atoms with E-state index in [2.05, 4.69) is 11.1 Å². The first-order chi connectivity index (χ1) is 14.5. The summed E-state index contributed by atoms with van der Waals surface area (Å²) in [4.78, 5) is 15.4. The van der Waals surface area contributed by atoms with Crippen molar-refractivity contribution in [2.75, 3.05) is 0 Å². The minimum Gasteiger partial charge on any atom is -0.456 e. The maximum atomic E-state index is 11.3. The number of nitriles is 1. The molecule has 4 aromatic rings. The number of hydrogen-bond acceptors (Lipinski definition) is 6. The van der Waals surface area contributed by atoms with Gasteiger partial charge in [-0.3, -0.25) is 10.1 Å². The number of allylic oxidation sites excluding steroid dienone is 1. The number of benzene rings is 2. The molecule has 0 fully saturated rings. The maximum Gasteiger partial charge on any atom is 0.280 e. The molecule has 0 saturated carbocycles. The number of hydrogen-bond donors (Lipinski definition) is 0. The van der Waals surface area contributed by atoms with Crippen LogP contribution in [0.3, 0.4) is 0 Å². The van der Waals surface area contributed by atoms with Crippen LogP contribution in [0.15, 0.2) is 70.5 Å². The van der Waals surface area contributed by atoms with Gasteiger partial charge in [-0.15, -0.1) is 11.3 Å². The van der Waals surface area contributed by atoms with E-state index in [1.54, 1.807) is 36.4 Å². The van der Waals surface area contributed by atoms with Crippen LogP contribution in [0.25, 0.3) is 34.2 Å². The lowest BCUT2D eigenvalue weighted by Gasteiger charge is -1.99. The molecule has 2 heterocycles. The molecule has 0 radical (unpaired) electrons. The van der Waals surface area contributed by atoms with Crippen molar-refractivity contribution in [1.82, 2.24) is 4.98 Å². The minimum atomic E-state index is -0.448. The number of thiazole rings is 1. The van der Waals surface area contributed by atoms with Crippen LogP contribution in [0.5, 0.6) is 0 Å². The second kappa shape index (κ2) is 8.15. The number of nitro groups is 1. The Morgan fingerprint density at radius 3 is 2.67 bits per heavy atom. The van der Waals surface area contributed by atoms with Crippen LogP contribution >= 0.6 is 11.3 Å². The highest BCUT2D eigenvalue weighted by Crippen LogP contribution is 2.32. The van der Waals surface area contributed by atoms with Gasteiger partial charge in [0.05, 0.1) is 21.8 Å². The van der Waals surface area contributed by atoms with E-state index in [4.69, 9.17) is 4.42 Å². The number of para-hydroxylation sites is 1. The number of aryl methyl sites for hydroxylation is 1. The Morgan fingerprint density at radius 2 is 1.93 bits per heavy atom. The number of nitrogens with zero attached hydrogens (tertiary/aromatic N) is 3. The van der Waals surface area contributed by atoms with Crippen LogP contribution in [-0.4, -0.2) is 9.91 Å². The van der Waals surface area contributed by atoms with Gasteiger partial charge in [-0.05, 0) is 25.1 Å². The molecule has 7 heteroatoms. The normalized spacial score (nSPS) is 11.3. The first-order valence-electron chi connectivity index (χ1n) is 9.03. The Hall–Kier alpha value is -4.02. The van der Waals surface area contributed by atoms with Crippen LogP contribution in [0.2, 0.25) is 0 Å². The molecule has 0 spiro atoms. The monoisotopic (exact) mass is 413 g/mol. The summed E-state index contributed by atoms with van der Waals surface area (Å²) in [6.45, 7) is 2.02. The van der Waals surface area contributed by atoms with Crippen molar-refractivity contribution in [3.63, 3.8) is 0 Å². The Labute approximate surface area is 176 Å². The van der Waals surface area contributed by atoms with E-state index >= 15 is 0 Å². The summed E-state index contributed by atoms with van der Waals surface area (Å²) in [6, 6.07) is 19.9. The first-order valence-corrected chi connectivity index (χ1v) is 9.91. The van der Waals surface area contributed by atoms with E-state index in [0.29, 0.717) is 27.7 Å². The van der Waals surface area contributed by atoms with Crippen LogP contribution in [0.1, 0.15) is 16.3 Å². The lowest BCUT2D eigenvalue weighted by Crippen LogP contribution is -1.90. The molecule has 6 nitrogen and oxygen atoms in total. The fraction of sp³-hybridized carbons (Fsp3) is 0.0435. The van der Waals surface area contributed by atoms with Gasteiger partial charge in [0.15, 0.2) is 0 Å². The highest BCUT2D eigenvalue weighted by atomic mass is 32.1. The van der Waals surface area contributed by atoms with Crippen LogP contribution in [-0.2, 0) is 0 Å².